The van der Waals surface area contributed by atoms with Crippen LogP contribution in [0.25, 0.3) is 0 Å². The second kappa shape index (κ2) is 10.8. The van der Waals surface area contributed by atoms with Gasteiger partial charge in [-0.3, -0.25) is 9.59 Å². The van der Waals surface area contributed by atoms with E-state index in [1.807, 2.05) is 29.2 Å². The van der Waals surface area contributed by atoms with Gasteiger partial charge < -0.3 is 28.9 Å². The molecule has 3 aromatic rings. The van der Waals surface area contributed by atoms with Crippen molar-refractivity contribution in [3.05, 3.63) is 83.2 Å². The van der Waals surface area contributed by atoms with Crippen LogP contribution in [0.1, 0.15) is 33.4 Å². The molecule has 3 aromatic carbocycles. The molecular weight excluding hydrogens is 501 g/mol. The fourth-order valence-corrected chi connectivity index (χ4v) is 5.57. The molecule has 9 heteroatoms. The van der Waals surface area contributed by atoms with E-state index in [1.54, 1.807) is 43.3 Å². The molecule has 2 heterocycles. The molecular formula is C30H32FN3O5. The average Bonchev–Trinajstić information content (AvgIpc) is 2.98. The van der Waals surface area contributed by atoms with Crippen LogP contribution in [0.2, 0.25) is 0 Å². The zero-order valence-corrected chi connectivity index (χ0v) is 22.5. The van der Waals surface area contributed by atoms with Crippen molar-refractivity contribution in [1.82, 2.24) is 9.80 Å². The van der Waals surface area contributed by atoms with E-state index < -0.39 is 12.0 Å². The Morgan fingerprint density at radius 3 is 2.05 bits per heavy atom. The number of anilines is 1. The van der Waals surface area contributed by atoms with Crippen molar-refractivity contribution >= 4 is 17.5 Å². The first-order valence-corrected chi connectivity index (χ1v) is 12.8. The number of carbonyl (C=O) groups is 2. The Bertz CT molecular complexity index is 1350. The molecule has 0 aliphatic carbocycles. The lowest BCUT2D eigenvalue weighted by Crippen LogP contribution is -2.53. The zero-order chi connectivity index (χ0) is 27.7. The van der Waals surface area contributed by atoms with Crippen molar-refractivity contribution < 1.29 is 28.2 Å². The molecule has 204 valence electrons. The number of amides is 2. The van der Waals surface area contributed by atoms with Gasteiger partial charge in [-0.25, -0.2) is 4.39 Å². The van der Waals surface area contributed by atoms with Crippen LogP contribution >= 0.6 is 0 Å². The van der Waals surface area contributed by atoms with Gasteiger partial charge in [0.05, 0.1) is 33.3 Å². The summed E-state index contributed by atoms with van der Waals surface area (Å²) in [5.41, 5.74) is 2.78. The largest absolute Gasteiger partial charge is 0.497 e. The predicted molar refractivity (Wildman–Crippen MR) is 145 cm³/mol. The summed E-state index contributed by atoms with van der Waals surface area (Å²) < 4.78 is 29.8. The number of methoxy groups -OCH3 is 3. The SMILES string of the molecule is COc1ccc([C@@H]2[C@H](C(=O)N3CCN(c4ccc(F)cc4)CC3)c3cc(OC)c(OC)cc3C(=O)N2C)cc1. The first-order chi connectivity index (χ1) is 18.9. The minimum atomic E-state index is -0.659. The Balaban J connectivity index is 1.52. The molecule has 2 amide bonds. The number of piperazine rings is 1. The predicted octanol–water partition coefficient (Wildman–Crippen LogP) is 4.11. The number of likely N-dealkylation sites (N-methyl/N-ethyl adjacent to an activating group) is 1. The first kappa shape index (κ1) is 26.3. The fourth-order valence-electron chi connectivity index (χ4n) is 5.57. The number of halogens is 1. The van der Waals surface area contributed by atoms with Crippen LogP contribution in [0.15, 0.2) is 60.7 Å². The Labute approximate surface area is 227 Å². The van der Waals surface area contributed by atoms with Gasteiger partial charge in [-0.1, -0.05) is 12.1 Å². The van der Waals surface area contributed by atoms with Crippen molar-refractivity contribution in [3.8, 4) is 17.2 Å². The lowest BCUT2D eigenvalue weighted by molar-refractivity contribution is -0.134. The summed E-state index contributed by atoms with van der Waals surface area (Å²) in [6, 6.07) is 16.7. The third-order valence-electron chi connectivity index (χ3n) is 7.68. The third kappa shape index (κ3) is 4.84. The Hall–Kier alpha value is -4.27. The van der Waals surface area contributed by atoms with Gasteiger partial charge in [0.1, 0.15) is 11.6 Å². The van der Waals surface area contributed by atoms with Crippen LogP contribution in [0.5, 0.6) is 17.2 Å². The highest BCUT2D eigenvalue weighted by molar-refractivity contribution is 6.02. The van der Waals surface area contributed by atoms with E-state index in [2.05, 4.69) is 4.90 Å². The average molecular weight is 534 g/mol. The molecule has 0 aromatic heterocycles. The maximum Gasteiger partial charge on any atom is 0.254 e. The molecule has 1 fully saturated rings. The molecule has 0 spiro atoms. The van der Waals surface area contributed by atoms with Crippen LogP contribution < -0.4 is 19.1 Å². The fraction of sp³-hybridized carbons (Fsp3) is 0.333. The molecule has 39 heavy (non-hydrogen) atoms. The smallest absolute Gasteiger partial charge is 0.254 e. The minimum absolute atomic E-state index is 0.0672. The standard InChI is InChI=1S/C30H32FN3O5/c1-32-28(19-5-11-22(37-2)12-6-19)27(23-17-25(38-3)26(39-4)18-24(23)29(32)35)30(36)34-15-13-33(14-16-34)21-9-7-20(31)8-10-21/h5-12,17-18,27-28H,13-16H2,1-4H3/t27-,28-/m1/s1. The Morgan fingerprint density at radius 2 is 1.46 bits per heavy atom. The topological polar surface area (TPSA) is 71.5 Å². The monoisotopic (exact) mass is 533 g/mol. The molecule has 2 atom stereocenters. The molecule has 0 radical (unpaired) electrons. The number of carbonyl (C=O) groups excluding carboxylic acids is 2. The summed E-state index contributed by atoms with van der Waals surface area (Å²) in [5, 5.41) is 0. The second-order valence-electron chi connectivity index (χ2n) is 9.69. The van der Waals surface area contributed by atoms with Crippen LogP contribution in [0.3, 0.4) is 0 Å². The van der Waals surface area contributed by atoms with Crippen molar-refractivity contribution in [1.29, 1.82) is 0 Å². The van der Waals surface area contributed by atoms with E-state index in [9.17, 15) is 14.0 Å². The molecule has 0 N–H and O–H groups in total. The normalized spacial score (nSPS) is 19.0. The van der Waals surface area contributed by atoms with E-state index >= 15 is 0 Å². The number of ether oxygens (including phenoxy) is 3. The van der Waals surface area contributed by atoms with E-state index in [1.165, 1.54) is 26.4 Å². The maximum absolute atomic E-state index is 14.3. The summed E-state index contributed by atoms with van der Waals surface area (Å²) >= 11 is 0. The van der Waals surface area contributed by atoms with Gasteiger partial charge in [0, 0.05) is 44.5 Å². The van der Waals surface area contributed by atoms with E-state index in [0.717, 1.165) is 11.3 Å². The molecule has 8 nitrogen and oxygen atoms in total. The summed E-state index contributed by atoms with van der Waals surface area (Å²) in [4.78, 5) is 33.6. The Kier molecular flexibility index (Phi) is 7.32. The number of nitrogens with zero attached hydrogens (tertiary/aromatic N) is 3. The van der Waals surface area contributed by atoms with Gasteiger partial charge in [0.2, 0.25) is 5.91 Å². The van der Waals surface area contributed by atoms with Gasteiger partial charge >= 0.3 is 0 Å². The van der Waals surface area contributed by atoms with Crippen molar-refractivity contribution in [3.63, 3.8) is 0 Å². The van der Waals surface area contributed by atoms with E-state index in [0.29, 0.717) is 54.6 Å². The van der Waals surface area contributed by atoms with Gasteiger partial charge in [-0.2, -0.15) is 0 Å². The van der Waals surface area contributed by atoms with E-state index in [4.69, 9.17) is 14.2 Å². The first-order valence-electron chi connectivity index (χ1n) is 12.8. The molecule has 0 unspecified atom stereocenters. The summed E-state index contributed by atoms with van der Waals surface area (Å²) in [5.74, 6) is 0.377. The number of benzene rings is 3. The van der Waals surface area contributed by atoms with Crippen molar-refractivity contribution in [2.24, 2.45) is 0 Å². The highest BCUT2D eigenvalue weighted by Crippen LogP contribution is 2.46. The summed E-state index contributed by atoms with van der Waals surface area (Å²) in [6.07, 6.45) is 0. The molecule has 5 rings (SSSR count). The number of hydrogen-bond donors (Lipinski definition) is 0. The quantitative estimate of drug-likeness (QED) is 0.475. The third-order valence-corrected chi connectivity index (χ3v) is 7.68. The van der Waals surface area contributed by atoms with E-state index in [-0.39, 0.29) is 17.6 Å². The van der Waals surface area contributed by atoms with Crippen molar-refractivity contribution in [2.45, 2.75) is 12.0 Å². The minimum Gasteiger partial charge on any atom is -0.497 e. The molecule has 2 aliphatic heterocycles. The second-order valence-corrected chi connectivity index (χ2v) is 9.69. The van der Waals surface area contributed by atoms with Crippen molar-refractivity contribution in [2.75, 3.05) is 59.5 Å². The van der Waals surface area contributed by atoms with Gasteiger partial charge in [0.15, 0.2) is 11.5 Å². The van der Waals surface area contributed by atoms with Gasteiger partial charge in [-0.05, 0) is 59.7 Å². The maximum atomic E-state index is 14.3. The van der Waals surface area contributed by atoms with Crippen LogP contribution in [-0.4, -0.2) is 76.2 Å². The molecule has 2 aliphatic rings. The number of fused-ring (bicyclic) bond motifs is 1. The summed E-state index contributed by atoms with van der Waals surface area (Å²) in [7, 11) is 6.38. The van der Waals surface area contributed by atoms with Crippen LogP contribution in [-0.2, 0) is 4.79 Å². The van der Waals surface area contributed by atoms with Gasteiger partial charge in [-0.15, -0.1) is 0 Å². The highest BCUT2D eigenvalue weighted by atomic mass is 19.1. The Morgan fingerprint density at radius 1 is 0.846 bits per heavy atom. The molecule has 0 saturated carbocycles. The number of hydrogen-bond acceptors (Lipinski definition) is 6. The zero-order valence-electron chi connectivity index (χ0n) is 22.5. The number of rotatable bonds is 6. The van der Waals surface area contributed by atoms with Crippen LogP contribution in [0, 0.1) is 5.82 Å². The highest BCUT2D eigenvalue weighted by Gasteiger charge is 2.45. The molecule has 1 saturated heterocycles. The summed E-state index contributed by atoms with van der Waals surface area (Å²) in [6.45, 7) is 2.24. The lowest BCUT2D eigenvalue weighted by atomic mass is 9.78. The lowest BCUT2D eigenvalue weighted by Gasteiger charge is -2.43. The van der Waals surface area contributed by atoms with Gasteiger partial charge in [0.25, 0.3) is 5.91 Å². The molecule has 0 bridgehead atoms. The van der Waals surface area contributed by atoms with Crippen LogP contribution in [0.4, 0.5) is 10.1 Å².